The lowest BCUT2D eigenvalue weighted by Gasteiger charge is -2.31. The number of hydrogen-bond acceptors (Lipinski definition) is 8. The van der Waals surface area contributed by atoms with Gasteiger partial charge in [0, 0.05) is 18.7 Å². The van der Waals surface area contributed by atoms with Crippen LogP contribution in [0, 0.1) is 0 Å². The number of esters is 1. The number of nitrogens with zero attached hydrogens (tertiary/aromatic N) is 6. The van der Waals surface area contributed by atoms with Crippen molar-refractivity contribution < 1.29 is 19.1 Å². The molecule has 2 fully saturated rings. The summed E-state index contributed by atoms with van der Waals surface area (Å²) in [6.07, 6.45) is 5.15. The summed E-state index contributed by atoms with van der Waals surface area (Å²) < 4.78 is 5.84. The third kappa shape index (κ3) is 9.20. The maximum absolute atomic E-state index is 14.3. The topological polar surface area (TPSA) is 131 Å². The molecule has 66 heavy (non-hydrogen) atoms. The first-order valence-corrected chi connectivity index (χ1v) is 22.8. The summed E-state index contributed by atoms with van der Waals surface area (Å²) in [4.78, 5) is 66.7. The fourth-order valence-electron chi connectivity index (χ4n) is 9.56. The van der Waals surface area contributed by atoms with Crippen LogP contribution in [0.5, 0.6) is 0 Å². The van der Waals surface area contributed by atoms with Crippen LogP contribution in [0.25, 0.3) is 33.6 Å². The molecule has 0 bridgehead atoms. The zero-order chi connectivity index (χ0) is 45.7. The van der Waals surface area contributed by atoms with Crippen molar-refractivity contribution in [3.05, 3.63) is 180 Å². The minimum absolute atomic E-state index is 0.00650. The number of benzene rings is 5. The summed E-state index contributed by atoms with van der Waals surface area (Å²) in [6.45, 7) is 1.39. The van der Waals surface area contributed by atoms with Gasteiger partial charge in [-0.25, -0.2) is 14.8 Å². The third-order valence-electron chi connectivity index (χ3n) is 12.9. The van der Waals surface area contributed by atoms with E-state index in [4.69, 9.17) is 14.7 Å². The first-order valence-electron chi connectivity index (χ1n) is 22.8. The van der Waals surface area contributed by atoms with Gasteiger partial charge in [0.1, 0.15) is 30.3 Å². The minimum atomic E-state index is -0.540. The standard InChI is InChI=1S/C54H56N8O4/c1-59(2)48(41-18-10-6-11-19-41)52(63)61-32-14-22-44(61)50-55-34-43(56-50)39-28-24-37(25-29-39)38-26-30-40(31-27-38)46-47(54(65)66-35-36-16-8-5-9-17-36)58-51(57-46)45-23-15-33-62(45)53(64)49(60(3)4)42-20-12-7-13-21-42/h5-13,16-21,24-31,34,44-45,48-49H,14-15,22-23,32-33,35H2,1-4H3,(H,55,56)(H,57,58)/t44-,45-,48?,49+/m0/s1. The number of rotatable bonds is 14. The molecule has 2 aliphatic heterocycles. The molecule has 0 radical (unpaired) electrons. The molecule has 2 aromatic heterocycles. The summed E-state index contributed by atoms with van der Waals surface area (Å²) in [5.74, 6) is 0.892. The van der Waals surface area contributed by atoms with Crippen molar-refractivity contribution in [3.8, 4) is 33.6 Å². The maximum Gasteiger partial charge on any atom is 0.359 e. The van der Waals surface area contributed by atoms with Crippen LogP contribution in [0.3, 0.4) is 0 Å². The molecule has 4 heterocycles. The number of aromatic nitrogens is 4. The van der Waals surface area contributed by atoms with Gasteiger partial charge >= 0.3 is 5.97 Å². The molecule has 1 unspecified atom stereocenters. The molecule has 0 spiro atoms. The molecule has 4 atom stereocenters. The van der Waals surface area contributed by atoms with E-state index in [0.29, 0.717) is 31.0 Å². The van der Waals surface area contributed by atoms with Crippen molar-refractivity contribution in [3.63, 3.8) is 0 Å². The number of carbonyl (C=O) groups excluding carboxylic acids is 3. The Morgan fingerprint density at radius 1 is 0.606 bits per heavy atom. The normalized spacial score (nSPS) is 17.1. The van der Waals surface area contributed by atoms with Gasteiger partial charge in [0.25, 0.3) is 0 Å². The average Bonchev–Trinajstić information content (AvgIpc) is 4.19. The Morgan fingerprint density at radius 3 is 1.59 bits per heavy atom. The van der Waals surface area contributed by atoms with Gasteiger partial charge in [-0.05, 0) is 87.3 Å². The number of likely N-dealkylation sites (tertiary alicyclic amines) is 2. The van der Waals surface area contributed by atoms with Crippen molar-refractivity contribution in [1.82, 2.24) is 39.5 Å². The molecule has 5 aromatic carbocycles. The number of hydrogen-bond donors (Lipinski definition) is 2. The highest BCUT2D eigenvalue weighted by Gasteiger charge is 2.39. The summed E-state index contributed by atoms with van der Waals surface area (Å²) in [6, 6.07) is 44.4. The Kier molecular flexibility index (Phi) is 13.0. The van der Waals surface area contributed by atoms with Crippen LogP contribution in [-0.2, 0) is 20.9 Å². The van der Waals surface area contributed by atoms with Gasteiger partial charge < -0.3 is 24.5 Å². The molecular formula is C54H56N8O4. The fraction of sp³-hybridized carbons (Fsp3) is 0.278. The third-order valence-corrected chi connectivity index (χ3v) is 12.9. The van der Waals surface area contributed by atoms with Gasteiger partial charge in [0.15, 0.2) is 5.69 Å². The van der Waals surface area contributed by atoms with Gasteiger partial charge in [-0.15, -0.1) is 0 Å². The number of nitrogens with one attached hydrogen (secondary N) is 2. The van der Waals surface area contributed by atoms with E-state index in [1.807, 2.05) is 169 Å². The second-order valence-electron chi connectivity index (χ2n) is 17.7. The number of H-pyrrole nitrogens is 2. The number of likely N-dealkylation sites (N-methyl/N-ethyl adjacent to an activating group) is 2. The molecule has 12 nitrogen and oxygen atoms in total. The first-order chi connectivity index (χ1) is 32.1. The predicted molar refractivity (Wildman–Crippen MR) is 256 cm³/mol. The Labute approximate surface area is 386 Å². The number of carbonyl (C=O) groups is 3. The lowest BCUT2D eigenvalue weighted by atomic mass is 10.0. The Balaban J connectivity index is 0.939. The highest BCUT2D eigenvalue weighted by molar-refractivity contribution is 5.95. The summed E-state index contributed by atoms with van der Waals surface area (Å²) in [5, 5.41) is 0. The van der Waals surface area contributed by atoms with E-state index >= 15 is 0 Å². The van der Waals surface area contributed by atoms with E-state index in [1.54, 1.807) is 0 Å². The molecule has 0 saturated carbocycles. The molecule has 12 heteroatoms. The smallest absolute Gasteiger partial charge is 0.359 e. The van der Waals surface area contributed by atoms with Crippen LogP contribution in [-0.4, -0.2) is 98.6 Å². The van der Waals surface area contributed by atoms with E-state index < -0.39 is 12.0 Å². The molecular weight excluding hydrogens is 825 g/mol. The van der Waals surface area contributed by atoms with Crippen molar-refractivity contribution in [2.24, 2.45) is 0 Å². The molecule has 336 valence electrons. The van der Waals surface area contributed by atoms with E-state index in [-0.39, 0.29) is 42.2 Å². The highest BCUT2D eigenvalue weighted by atomic mass is 16.5. The minimum Gasteiger partial charge on any atom is -0.456 e. The van der Waals surface area contributed by atoms with E-state index in [0.717, 1.165) is 69.7 Å². The van der Waals surface area contributed by atoms with Crippen LogP contribution in [0.1, 0.15) is 88.7 Å². The van der Waals surface area contributed by atoms with E-state index in [2.05, 4.69) is 34.2 Å². The molecule has 2 N–H and O–H groups in total. The van der Waals surface area contributed by atoms with Crippen LogP contribution in [0.4, 0.5) is 0 Å². The highest BCUT2D eigenvalue weighted by Crippen LogP contribution is 2.38. The summed E-state index contributed by atoms with van der Waals surface area (Å²) in [5.41, 5.74) is 8.18. The second kappa shape index (κ2) is 19.5. The maximum atomic E-state index is 14.3. The van der Waals surface area contributed by atoms with Gasteiger partial charge in [-0.1, -0.05) is 140 Å². The average molecular weight is 881 g/mol. The number of ether oxygens (including phenoxy) is 1. The first kappa shape index (κ1) is 44.1. The zero-order valence-corrected chi connectivity index (χ0v) is 37.9. The Bertz CT molecular complexity index is 2750. The second-order valence-corrected chi connectivity index (χ2v) is 17.7. The van der Waals surface area contributed by atoms with Gasteiger partial charge in [0.05, 0.1) is 29.7 Å². The molecule has 0 aliphatic carbocycles. The van der Waals surface area contributed by atoms with Crippen molar-refractivity contribution in [1.29, 1.82) is 0 Å². The molecule has 2 aliphatic rings. The predicted octanol–water partition coefficient (Wildman–Crippen LogP) is 9.42. The zero-order valence-electron chi connectivity index (χ0n) is 37.9. The van der Waals surface area contributed by atoms with Crippen LogP contribution in [0.15, 0.2) is 146 Å². The Hall–Kier alpha value is -7.15. The van der Waals surface area contributed by atoms with Crippen LogP contribution >= 0.6 is 0 Å². The largest absolute Gasteiger partial charge is 0.456 e. The van der Waals surface area contributed by atoms with E-state index in [1.165, 1.54) is 0 Å². The van der Waals surface area contributed by atoms with Crippen LogP contribution < -0.4 is 0 Å². The van der Waals surface area contributed by atoms with Crippen molar-refractivity contribution >= 4 is 17.8 Å². The number of amides is 2. The van der Waals surface area contributed by atoms with Crippen molar-refractivity contribution in [2.75, 3.05) is 41.3 Å². The molecule has 7 aromatic rings. The number of aromatic amines is 2. The molecule has 2 amide bonds. The Morgan fingerprint density at radius 2 is 1.08 bits per heavy atom. The SMILES string of the molecule is CN(C)C(C(=O)N1CCC[C@H]1c1ncc(-c2ccc(-c3ccc(-c4[nH]c([C@@H]5CCCN5C(=O)[C@@H](c5ccccc5)N(C)C)nc4C(=O)OCc4ccccc4)cc3)cc2)[nH]1)c1ccccc1. The quantitative estimate of drug-likeness (QED) is 0.103. The molecule has 9 rings (SSSR count). The van der Waals surface area contributed by atoms with Crippen LogP contribution in [0.2, 0.25) is 0 Å². The lowest BCUT2D eigenvalue weighted by molar-refractivity contribution is -0.138. The number of imidazole rings is 2. The lowest BCUT2D eigenvalue weighted by Crippen LogP contribution is -2.40. The fourth-order valence-corrected chi connectivity index (χ4v) is 9.56. The van der Waals surface area contributed by atoms with E-state index in [9.17, 15) is 14.4 Å². The van der Waals surface area contributed by atoms with Crippen molar-refractivity contribution in [2.45, 2.75) is 56.5 Å². The van der Waals surface area contributed by atoms with Gasteiger partial charge in [-0.2, -0.15) is 0 Å². The monoisotopic (exact) mass is 880 g/mol. The summed E-state index contributed by atoms with van der Waals surface area (Å²) >= 11 is 0. The molecule has 2 saturated heterocycles. The summed E-state index contributed by atoms with van der Waals surface area (Å²) in [7, 11) is 7.74. The van der Waals surface area contributed by atoms with Gasteiger partial charge in [-0.3, -0.25) is 19.4 Å². The van der Waals surface area contributed by atoms with Gasteiger partial charge in [0.2, 0.25) is 11.8 Å².